The van der Waals surface area contributed by atoms with Crippen molar-refractivity contribution in [2.75, 3.05) is 4.72 Å². The molecular weight excluding hydrogens is 325 g/mol. The number of aromatic nitrogens is 1. The van der Waals surface area contributed by atoms with Crippen LogP contribution in [0.4, 0.5) is 15.8 Å². The van der Waals surface area contributed by atoms with Gasteiger partial charge in [-0.05, 0) is 18.2 Å². The number of nitro benzene ring substituents is 1. The number of benzene rings is 1. The topological polar surface area (TPSA) is 102 Å². The summed E-state index contributed by atoms with van der Waals surface area (Å²) in [4.78, 5) is 13.0. The summed E-state index contributed by atoms with van der Waals surface area (Å²) in [6.07, 6.45) is 1.03. The number of hydrogen-bond donors (Lipinski definition) is 1. The summed E-state index contributed by atoms with van der Waals surface area (Å²) < 4.78 is 39.5. The van der Waals surface area contributed by atoms with Crippen LogP contribution in [0.1, 0.15) is 0 Å². The molecule has 0 bridgehead atoms. The molecule has 1 heterocycles. The third-order valence-electron chi connectivity index (χ3n) is 2.41. The van der Waals surface area contributed by atoms with Crippen LogP contribution in [0, 0.1) is 15.9 Å². The van der Waals surface area contributed by atoms with Crippen molar-refractivity contribution in [2.24, 2.45) is 0 Å². The number of hydrogen-bond acceptors (Lipinski definition) is 5. The fraction of sp³-hybridized carbons (Fsp3) is 0. The molecule has 1 N–H and O–H groups in total. The van der Waals surface area contributed by atoms with Crippen LogP contribution in [0.25, 0.3) is 0 Å². The van der Waals surface area contributed by atoms with Crippen molar-refractivity contribution >= 4 is 33.0 Å². The number of nitrogens with one attached hydrogen (secondary N) is 1. The van der Waals surface area contributed by atoms with Crippen LogP contribution in [-0.4, -0.2) is 18.3 Å². The number of halogens is 2. The first-order valence-corrected chi connectivity index (χ1v) is 7.24. The van der Waals surface area contributed by atoms with Crippen molar-refractivity contribution in [3.63, 3.8) is 0 Å². The Hall–Kier alpha value is -2.26. The van der Waals surface area contributed by atoms with Gasteiger partial charge in [-0.15, -0.1) is 0 Å². The van der Waals surface area contributed by atoms with Gasteiger partial charge in [-0.25, -0.2) is 13.4 Å². The van der Waals surface area contributed by atoms with Gasteiger partial charge in [-0.1, -0.05) is 11.6 Å². The minimum Gasteiger partial charge on any atom is -0.279 e. The number of sulfonamides is 1. The summed E-state index contributed by atoms with van der Waals surface area (Å²) in [6.45, 7) is 0. The Bertz CT molecular complexity index is 796. The van der Waals surface area contributed by atoms with E-state index in [9.17, 15) is 22.9 Å². The van der Waals surface area contributed by atoms with E-state index in [0.29, 0.717) is 0 Å². The summed E-state index contributed by atoms with van der Waals surface area (Å²) >= 11 is 5.55. The van der Waals surface area contributed by atoms with Crippen LogP contribution >= 0.6 is 11.6 Å². The Morgan fingerprint density at radius 3 is 2.52 bits per heavy atom. The van der Waals surface area contributed by atoms with Crippen molar-refractivity contribution in [3.8, 4) is 0 Å². The zero-order valence-corrected chi connectivity index (χ0v) is 11.7. The van der Waals surface area contributed by atoms with Gasteiger partial charge in [0.25, 0.3) is 10.0 Å². The van der Waals surface area contributed by atoms with E-state index in [-0.39, 0.29) is 15.7 Å². The molecule has 7 nitrogen and oxygen atoms in total. The van der Waals surface area contributed by atoms with Gasteiger partial charge in [0.1, 0.15) is 10.0 Å². The second-order valence-corrected chi connectivity index (χ2v) is 5.92. The molecule has 0 aliphatic rings. The Balaban J connectivity index is 2.31. The molecule has 1 aromatic carbocycles. The van der Waals surface area contributed by atoms with Gasteiger partial charge in [-0.3, -0.25) is 14.8 Å². The minimum atomic E-state index is -3.99. The molecule has 0 fully saturated rings. The van der Waals surface area contributed by atoms with Crippen LogP contribution in [-0.2, 0) is 10.0 Å². The van der Waals surface area contributed by atoms with Crippen molar-refractivity contribution in [1.82, 2.24) is 4.98 Å². The predicted molar refractivity (Wildman–Crippen MR) is 73.1 cm³/mol. The number of pyridine rings is 1. The molecule has 0 aliphatic carbocycles. The van der Waals surface area contributed by atoms with Gasteiger partial charge in [0, 0.05) is 18.3 Å². The monoisotopic (exact) mass is 331 g/mol. The van der Waals surface area contributed by atoms with Crippen molar-refractivity contribution in [3.05, 3.63) is 57.6 Å². The molecular formula is C11H7ClFN3O4S. The number of nitrogens with zero attached hydrogens (tertiary/aromatic N) is 2. The lowest BCUT2D eigenvalue weighted by Gasteiger charge is -2.07. The smallest absolute Gasteiger partial charge is 0.279 e. The highest BCUT2D eigenvalue weighted by atomic mass is 35.5. The van der Waals surface area contributed by atoms with Crippen LogP contribution in [0.3, 0.4) is 0 Å². The number of rotatable bonds is 4. The van der Waals surface area contributed by atoms with E-state index in [1.165, 1.54) is 12.1 Å². The highest BCUT2D eigenvalue weighted by Gasteiger charge is 2.18. The average molecular weight is 332 g/mol. The first kappa shape index (κ1) is 15.1. The van der Waals surface area contributed by atoms with Gasteiger partial charge >= 0.3 is 5.69 Å². The zero-order valence-electron chi connectivity index (χ0n) is 10.2. The van der Waals surface area contributed by atoms with Crippen LogP contribution in [0.5, 0.6) is 0 Å². The molecule has 0 saturated carbocycles. The summed E-state index contributed by atoms with van der Waals surface area (Å²) in [5.74, 6) is -1.14. The lowest BCUT2D eigenvalue weighted by atomic mass is 10.3. The van der Waals surface area contributed by atoms with Crippen LogP contribution in [0.2, 0.25) is 5.15 Å². The van der Waals surface area contributed by atoms with E-state index in [2.05, 4.69) is 9.71 Å². The number of nitro groups is 1. The van der Waals surface area contributed by atoms with Gasteiger partial charge < -0.3 is 0 Å². The molecule has 0 atom stereocenters. The molecule has 0 radical (unpaired) electrons. The van der Waals surface area contributed by atoms with Crippen molar-refractivity contribution in [2.45, 2.75) is 4.90 Å². The molecule has 10 heteroatoms. The highest BCUT2D eigenvalue weighted by Crippen LogP contribution is 2.23. The quantitative estimate of drug-likeness (QED) is 0.527. The first-order chi connectivity index (χ1) is 9.79. The zero-order chi connectivity index (χ0) is 15.6. The molecule has 0 spiro atoms. The Labute approximate surface area is 123 Å². The fourth-order valence-corrected chi connectivity index (χ4v) is 2.56. The van der Waals surface area contributed by atoms with E-state index in [4.69, 9.17) is 11.6 Å². The summed E-state index contributed by atoms with van der Waals surface area (Å²) in [5.41, 5.74) is -0.890. The lowest BCUT2D eigenvalue weighted by Crippen LogP contribution is -2.13. The molecule has 0 aliphatic heterocycles. The molecule has 0 amide bonds. The van der Waals surface area contributed by atoms with E-state index >= 15 is 0 Å². The Morgan fingerprint density at radius 2 is 2.00 bits per heavy atom. The second kappa shape index (κ2) is 5.62. The maximum absolute atomic E-state index is 13.4. The molecule has 21 heavy (non-hydrogen) atoms. The Kier molecular flexibility index (Phi) is 4.05. The van der Waals surface area contributed by atoms with Crippen molar-refractivity contribution < 1.29 is 17.7 Å². The molecule has 2 aromatic rings. The predicted octanol–water partition coefficient (Wildman–Crippen LogP) is 2.58. The summed E-state index contributed by atoms with van der Waals surface area (Å²) in [5, 5.41) is 10.6. The van der Waals surface area contributed by atoms with Gasteiger partial charge in [0.2, 0.25) is 5.82 Å². The third kappa shape index (κ3) is 3.44. The molecule has 0 unspecified atom stereocenters. The standard InChI is InChI=1S/C11H7ClFN3O4S/c12-11-4-2-8(6-14-11)21(19,20)15-7-1-3-10(16(17)18)9(13)5-7/h1-6,15H. The SMILES string of the molecule is O=[N+]([O-])c1ccc(NS(=O)(=O)c2ccc(Cl)nc2)cc1F. The molecule has 110 valence electrons. The summed E-state index contributed by atoms with van der Waals surface area (Å²) in [7, 11) is -3.99. The van der Waals surface area contributed by atoms with Gasteiger partial charge in [-0.2, -0.15) is 4.39 Å². The fourth-order valence-electron chi connectivity index (χ4n) is 1.45. The normalized spacial score (nSPS) is 11.1. The minimum absolute atomic E-state index is 0.121. The summed E-state index contributed by atoms with van der Waals surface area (Å²) in [6, 6.07) is 5.18. The molecule has 0 saturated heterocycles. The average Bonchev–Trinajstić information content (AvgIpc) is 2.38. The number of anilines is 1. The highest BCUT2D eigenvalue weighted by molar-refractivity contribution is 7.92. The lowest BCUT2D eigenvalue weighted by molar-refractivity contribution is -0.387. The van der Waals surface area contributed by atoms with Gasteiger partial charge in [0.15, 0.2) is 0 Å². The molecule has 1 aromatic heterocycles. The van der Waals surface area contributed by atoms with E-state index in [0.717, 1.165) is 24.4 Å². The van der Waals surface area contributed by atoms with E-state index in [1.807, 2.05) is 0 Å². The Morgan fingerprint density at radius 1 is 1.29 bits per heavy atom. The van der Waals surface area contributed by atoms with Crippen LogP contribution in [0.15, 0.2) is 41.4 Å². The molecule has 2 rings (SSSR count). The van der Waals surface area contributed by atoms with Gasteiger partial charge in [0.05, 0.1) is 10.6 Å². The van der Waals surface area contributed by atoms with E-state index < -0.39 is 26.5 Å². The largest absolute Gasteiger partial charge is 0.304 e. The third-order valence-corrected chi connectivity index (χ3v) is 4.00. The van der Waals surface area contributed by atoms with E-state index in [1.54, 1.807) is 0 Å². The second-order valence-electron chi connectivity index (χ2n) is 3.85. The van der Waals surface area contributed by atoms with Crippen LogP contribution < -0.4 is 4.72 Å². The maximum Gasteiger partial charge on any atom is 0.304 e. The maximum atomic E-state index is 13.4. The van der Waals surface area contributed by atoms with Crippen molar-refractivity contribution in [1.29, 1.82) is 0 Å². The first-order valence-electron chi connectivity index (χ1n) is 5.38.